The van der Waals surface area contributed by atoms with Crippen LogP contribution in [0.15, 0.2) is 18.2 Å². The number of rotatable bonds is 5. The van der Waals surface area contributed by atoms with Gasteiger partial charge in [-0.15, -0.1) is 0 Å². The molecule has 1 aliphatic rings. The van der Waals surface area contributed by atoms with E-state index < -0.39 is 0 Å². The molecule has 3 nitrogen and oxygen atoms in total. The molecule has 0 bridgehead atoms. The molecular formula is C14H20Cl2N2O. The van der Waals surface area contributed by atoms with E-state index in [9.17, 15) is 0 Å². The van der Waals surface area contributed by atoms with Gasteiger partial charge in [-0.3, -0.25) is 4.90 Å². The molecule has 1 saturated heterocycles. The number of likely N-dealkylation sites (N-methyl/N-ethyl adjacent to an activating group) is 1. The molecule has 5 heteroatoms. The van der Waals surface area contributed by atoms with Crippen molar-refractivity contribution in [3.05, 3.63) is 28.2 Å². The van der Waals surface area contributed by atoms with Crippen molar-refractivity contribution in [1.29, 1.82) is 0 Å². The fourth-order valence-electron chi connectivity index (χ4n) is 2.34. The van der Waals surface area contributed by atoms with E-state index in [0.717, 1.165) is 19.6 Å². The maximum atomic E-state index is 6.06. The molecule has 1 aromatic carbocycles. The monoisotopic (exact) mass is 302 g/mol. The molecule has 0 atom stereocenters. The molecule has 0 spiro atoms. The third-order valence-corrected chi connectivity index (χ3v) is 4.14. The molecule has 0 aromatic heterocycles. The van der Waals surface area contributed by atoms with E-state index in [4.69, 9.17) is 27.9 Å². The normalized spacial score (nSPS) is 16.8. The third kappa shape index (κ3) is 4.25. The summed E-state index contributed by atoms with van der Waals surface area (Å²) in [5.41, 5.74) is 0. The minimum atomic E-state index is 0.567. The van der Waals surface area contributed by atoms with Crippen molar-refractivity contribution in [2.24, 2.45) is 0 Å². The Balaban J connectivity index is 1.79. The lowest BCUT2D eigenvalue weighted by Gasteiger charge is -2.31. The molecule has 2 rings (SSSR count). The lowest BCUT2D eigenvalue weighted by molar-refractivity contribution is 0.165. The van der Waals surface area contributed by atoms with Gasteiger partial charge in [0, 0.05) is 12.6 Å². The highest BCUT2D eigenvalue weighted by Crippen LogP contribution is 2.32. The van der Waals surface area contributed by atoms with Crippen LogP contribution in [0.2, 0.25) is 10.0 Å². The molecule has 19 heavy (non-hydrogen) atoms. The van der Waals surface area contributed by atoms with E-state index in [1.807, 2.05) is 6.07 Å². The summed E-state index contributed by atoms with van der Waals surface area (Å²) in [6.45, 7) is 3.69. The predicted octanol–water partition coefficient (Wildman–Crippen LogP) is 3.06. The van der Waals surface area contributed by atoms with E-state index in [2.05, 4.69) is 17.3 Å². The Morgan fingerprint density at radius 3 is 2.53 bits per heavy atom. The minimum Gasteiger partial charge on any atom is -0.489 e. The Morgan fingerprint density at radius 2 is 1.89 bits per heavy atom. The lowest BCUT2D eigenvalue weighted by atomic mass is 10.1. The number of ether oxygens (including phenoxy) is 1. The fourth-order valence-corrected chi connectivity index (χ4v) is 2.85. The Bertz CT molecular complexity index is 388. The van der Waals surface area contributed by atoms with Crippen molar-refractivity contribution >= 4 is 23.2 Å². The van der Waals surface area contributed by atoms with Crippen molar-refractivity contribution in [2.45, 2.75) is 18.9 Å². The van der Waals surface area contributed by atoms with Crippen LogP contribution in [-0.2, 0) is 0 Å². The lowest BCUT2D eigenvalue weighted by Crippen LogP contribution is -2.42. The first-order valence-electron chi connectivity index (χ1n) is 6.66. The van der Waals surface area contributed by atoms with E-state index in [1.54, 1.807) is 12.1 Å². The van der Waals surface area contributed by atoms with Crippen molar-refractivity contribution in [1.82, 2.24) is 10.2 Å². The Labute approximate surface area is 124 Å². The first kappa shape index (κ1) is 14.9. The van der Waals surface area contributed by atoms with Gasteiger partial charge in [0.2, 0.25) is 0 Å². The summed E-state index contributed by atoms with van der Waals surface area (Å²) in [6.07, 6.45) is 2.40. The quantitative estimate of drug-likeness (QED) is 0.905. The van der Waals surface area contributed by atoms with Gasteiger partial charge in [0.05, 0.1) is 10.0 Å². The van der Waals surface area contributed by atoms with Crippen LogP contribution in [0.1, 0.15) is 12.8 Å². The molecule has 1 heterocycles. The highest BCUT2D eigenvalue weighted by atomic mass is 35.5. The van der Waals surface area contributed by atoms with E-state index >= 15 is 0 Å². The zero-order chi connectivity index (χ0) is 13.7. The summed E-state index contributed by atoms with van der Waals surface area (Å²) in [5.74, 6) is 0.588. The summed E-state index contributed by atoms with van der Waals surface area (Å²) in [6, 6.07) is 6.05. The number of benzene rings is 1. The smallest absolute Gasteiger partial charge is 0.156 e. The van der Waals surface area contributed by atoms with E-state index in [0.29, 0.717) is 28.4 Å². The van der Waals surface area contributed by atoms with Crippen LogP contribution in [0.5, 0.6) is 5.75 Å². The van der Waals surface area contributed by atoms with Gasteiger partial charge in [0.1, 0.15) is 6.61 Å². The van der Waals surface area contributed by atoms with Gasteiger partial charge in [-0.05, 0) is 45.1 Å². The Hall–Kier alpha value is -0.480. The summed E-state index contributed by atoms with van der Waals surface area (Å²) >= 11 is 12.1. The number of nitrogens with one attached hydrogen (secondary N) is 1. The number of para-hydroxylation sites is 1. The highest BCUT2D eigenvalue weighted by molar-refractivity contribution is 6.37. The SMILES string of the molecule is CN(CCOc1c(Cl)cccc1Cl)C1CCNCC1. The fraction of sp³-hybridized carbons (Fsp3) is 0.571. The minimum absolute atomic E-state index is 0.567. The first-order chi connectivity index (χ1) is 9.18. The molecule has 0 saturated carbocycles. The second kappa shape index (κ2) is 7.34. The molecule has 1 fully saturated rings. The zero-order valence-electron chi connectivity index (χ0n) is 11.2. The van der Waals surface area contributed by atoms with Crippen LogP contribution in [0, 0.1) is 0 Å². The average molecular weight is 303 g/mol. The van der Waals surface area contributed by atoms with Crippen LogP contribution in [0.3, 0.4) is 0 Å². The van der Waals surface area contributed by atoms with Crippen LogP contribution < -0.4 is 10.1 Å². The number of nitrogens with zero attached hydrogens (tertiary/aromatic N) is 1. The molecule has 1 aromatic rings. The van der Waals surface area contributed by atoms with Crippen LogP contribution in [0.25, 0.3) is 0 Å². The number of hydrogen-bond acceptors (Lipinski definition) is 3. The summed E-state index contributed by atoms with van der Waals surface area (Å²) in [5, 5.41) is 4.51. The van der Waals surface area contributed by atoms with Crippen LogP contribution in [0.4, 0.5) is 0 Å². The van der Waals surface area contributed by atoms with Gasteiger partial charge >= 0.3 is 0 Å². The van der Waals surface area contributed by atoms with Crippen LogP contribution >= 0.6 is 23.2 Å². The summed E-state index contributed by atoms with van der Waals surface area (Å²) in [4.78, 5) is 2.35. The van der Waals surface area contributed by atoms with Gasteiger partial charge in [-0.25, -0.2) is 0 Å². The van der Waals surface area contributed by atoms with E-state index in [1.165, 1.54) is 12.8 Å². The van der Waals surface area contributed by atoms with Crippen molar-refractivity contribution in [3.63, 3.8) is 0 Å². The predicted molar refractivity (Wildman–Crippen MR) is 80.5 cm³/mol. The number of piperidine rings is 1. The maximum Gasteiger partial charge on any atom is 0.156 e. The van der Waals surface area contributed by atoms with Gasteiger partial charge in [0.15, 0.2) is 5.75 Å². The highest BCUT2D eigenvalue weighted by Gasteiger charge is 2.17. The van der Waals surface area contributed by atoms with Gasteiger partial charge in [0.25, 0.3) is 0 Å². The molecule has 0 radical (unpaired) electrons. The van der Waals surface area contributed by atoms with Crippen molar-refractivity contribution < 1.29 is 4.74 Å². The summed E-state index contributed by atoms with van der Waals surface area (Å²) in [7, 11) is 2.15. The topological polar surface area (TPSA) is 24.5 Å². The second-order valence-corrected chi connectivity index (χ2v) is 5.68. The Kier molecular flexibility index (Phi) is 5.76. The van der Waals surface area contributed by atoms with Gasteiger partial charge < -0.3 is 10.1 Å². The number of halogens is 2. The molecule has 106 valence electrons. The molecular weight excluding hydrogens is 283 g/mol. The standard InChI is InChI=1S/C14H20Cl2N2O/c1-18(11-5-7-17-8-6-11)9-10-19-14-12(15)3-2-4-13(14)16/h2-4,11,17H,5-10H2,1H3. The Morgan fingerprint density at radius 1 is 1.26 bits per heavy atom. The molecule has 1 N–H and O–H groups in total. The average Bonchev–Trinajstić information content (AvgIpc) is 2.43. The zero-order valence-corrected chi connectivity index (χ0v) is 12.7. The molecule has 0 aliphatic carbocycles. The second-order valence-electron chi connectivity index (χ2n) is 4.86. The van der Waals surface area contributed by atoms with E-state index in [-0.39, 0.29) is 0 Å². The van der Waals surface area contributed by atoms with Gasteiger partial charge in [-0.1, -0.05) is 29.3 Å². The van der Waals surface area contributed by atoms with Crippen molar-refractivity contribution in [3.8, 4) is 5.75 Å². The number of hydrogen-bond donors (Lipinski definition) is 1. The molecule has 1 aliphatic heterocycles. The van der Waals surface area contributed by atoms with Crippen molar-refractivity contribution in [2.75, 3.05) is 33.3 Å². The largest absolute Gasteiger partial charge is 0.489 e. The molecule has 0 unspecified atom stereocenters. The first-order valence-corrected chi connectivity index (χ1v) is 7.42. The van der Waals surface area contributed by atoms with Crippen LogP contribution in [-0.4, -0.2) is 44.2 Å². The maximum absolute atomic E-state index is 6.06. The molecule has 0 amide bonds. The van der Waals surface area contributed by atoms with Gasteiger partial charge in [-0.2, -0.15) is 0 Å². The summed E-state index contributed by atoms with van der Waals surface area (Å²) < 4.78 is 5.71. The third-order valence-electron chi connectivity index (χ3n) is 3.54.